The van der Waals surface area contributed by atoms with Crippen molar-refractivity contribution >= 4 is 33.2 Å². The Balaban J connectivity index is 1.54. The standard InChI is InChI=1S/C27H31ClN2O5S/c28-22-9-6-21-17-35-26-11-8-19-15-24(26)30(12-2-1-4-18(21)14-22)16-20-7-10-23(20)25(31)5-3-13-36(33,34)29-27(19)32/h3,5-6,8-9,11,14-15,20,23,25,31H,1-2,4,7,10,12-13,16-17H2,(H,29,32)/b5-3+/t20-,23+,25-/m0/s1. The summed E-state index contributed by atoms with van der Waals surface area (Å²) in [5.41, 5.74) is 3.28. The molecule has 0 unspecified atom stereocenters. The van der Waals surface area contributed by atoms with Crippen LogP contribution in [0.15, 0.2) is 48.6 Å². The summed E-state index contributed by atoms with van der Waals surface area (Å²) in [7, 11) is -3.88. The summed E-state index contributed by atoms with van der Waals surface area (Å²) in [6, 6.07) is 10.9. The number of aliphatic hydroxyl groups excluding tert-OH is 1. The summed E-state index contributed by atoms with van der Waals surface area (Å²) >= 11 is 6.25. The van der Waals surface area contributed by atoms with E-state index in [1.165, 1.54) is 11.6 Å². The minimum absolute atomic E-state index is 0.0682. The average Bonchev–Trinajstić information content (AvgIpc) is 2.84. The number of anilines is 1. The maximum atomic E-state index is 12.9. The Bertz CT molecular complexity index is 1280. The molecule has 2 bridgehead atoms. The van der Waals surface area contributed by atoms with Crippen molar-refractivity contribution in [2.45, 2.75) is 44.8 Å². The molecule has 3 atom stereocenters. The normalized spacial score (nSPS) is 27.0. The second kappa shape index (κ2) is 10.4. The van der Waals surface area contributed by atoms with Gasteiger partial charge in [-0.2, -0.15) is 0 Å². The van der Waals surface area contributed by atoms with Crippen LogP contribution in [0.1, 0.15) is 47.2 Å². The molecule has 5 rings (SSSR count). The van der Waals surface area contributed by atoms with Crippen LogP contribution in [0.3, 0.4) is 0 Å². The fourth-order valence-corrected chi connectivity index (χ4v) is 6.38. The summed E-state index contributed by atoms with van der Waals surface area (Å²) < 4.78 is 33.4. The van der Waals surface area contributed by atoms with E-state index in [1.54, 1.807) is 24.3 Å². The smallest absolute Gasteiger partial charge is 0.264 e. The van der Waals surface area contributed by atoms with Gasteiger partial charge in [0.15, 0.2) is 0 Å². The van der Waals surface area contributed by atoms with Crippen molar-refractivity contribution in [3.8, 4) is 5.75 Å². The fourth-order valence-electron chi connectivity index (χ4n) is 5.34. The maximum Gasteiger partial charge on any atom is 0.264 e. The van der Waals surface area contributed by atoms with Crippen molar-refractivity contribution in [1.82, 2.24) is 4.72 Å². The number of halogens is 1. The van der Waals surface area contributed by atoms with Gasteiger partial charge in [-0.1, -0.05) is 29.8 Å². The molecule has 2 aromatic rings. The lowest BCUT2D eigenvalue weighted by molar-refractivity contribution is 0.0462. The predicted octanol–water partition coefficient (Wildman–Crippen LogP) is 4.08. The van der Waals surface area contributed by atoms with Crippen LogP contribution in [0, 0.1) is 11.8 Å². The zero-order valence-corrected chi connectivity index (χ0v) is 21.6. The molecule has 1 aliphatic carbocycles. The van der Waals surface area contributed by atoms with Crippen LogP contribution >= 0.6 is 11.6 Å². The zero-order chi connectivity index (χ0) is 25.3. The number of ether oxygens (including phenoxy) is 1. The molecule has 36 heavy (non-hydrogen) atoms. The first-order valence-corrected chi connectivity index (χ1v) is 14.5. The van der Waals surface area contributed by atoms with Crippen molar-refractivity contribution in [3.63, 3.8) is 0 Å². The summed E-state index contributed by atoms with van der Waals surface area (Å²) in [6.45, 7) is 1.85. The summed E-state index contributed by atoms with van der Waals surface area (Å²) in [5.74, 6) is -0.0777. The number of carbonyl (C=O) groups excluding carboxylic acids is 1. The average molecular weight is 531 g/mol. The van der Waals surface area contributed by atoms with Crippen molar-refractivity contribution in [1.29, 1.82) is 0 Å². The van der Waals surface area contributed by atoms with Crippen LogP contribution in [-0.4, -0.2) is 44.4 Å². The molecule has 9 heteroatoms. The topological polar surface area (TPSA) is 95.9 Å². The van der Waals surface area contributed by atoms with Gasteiger partial charge in [0.25, 0.3) is 5.91 Å². The first-order chi connectivity index (χ1) is 17.3. The third-order valence-corrected chi connectivity index (χ3v) is 8.87. The quantitative estimate of drug-likeness (QED) is 0.498. The third kappa shape index (κ3) is 5.56. The molecule has 2 heterocycles. The highest BCUT2D eigenvalue weighted by molar-refractivity contribution is 7.90. The van der Waals surface area contributed by atoms with Gasteiger partial charge in [0.2, 0.25) is 10.0 Å². The van der Waals surface area contributed by atoms with Crippen LogP contribution in [0.25, 0.3) is 0 Å². The molecule has 0 spiro atoms. The van der Waals surface area contributed by atoms with Crippen LogP contribution in [0.5, 0.6) is 5.75 Å². The number of nitrogens with one attached hydrogen (secondary N) is 1. The van der Waals surface area contributed by atoms with E-state index in [0.29, 0.717) is 17.4 Å². The number of hydrogen-bond acceptors (Lipinski definition) is 6. The number of rotatable bonds is 0. The highest BCUT2D eigenvalue weighted by Gasteiger charge is 2.37. The number of hydrogen-bond donors (Lipinski definition) is 2. The fraction of sp³-hybridized carbons (Fsp3) is 0.444. The van der Waals surface area contributed by atoms with Gasteiger partial charge < -0.3 is 14.7 Å². The van der Waals surface area contributed by atoms with Crippen molar-refractivity contribution < 1.29 is 23.1 Å². The van der Waals surface area contributed by atoms with Gasteiger partial charge in [-0.3, -0.25) is 4.79 Å². The molecule has 0 aromatic heterocycles. The van der Waals surface area contributed by atoms with Gasteiger partial charge >= 0.3 is 0 Å². The van der Waals surface area contributed by atoms with Crippen LogP contribution in [-0.2, 0) is 23.1 Å². The Labute approximate surface area is 217 Å². The Morgan fingerprint density at radius 3 is 2.75 bits per heavy atom. The molecule has 3 aliphatic rings. The van der Waals surface area contributed by atoms with Crippen LogP contribution in [0.2, 0.25) is 5.02 Å². The Hall–Kier alpha value is -2.55. The minimum Gasteiger partial charge on any atom is -0.487 e. The highest BCUT2D eigenvalue weighted by Crippen LogP contribution is 2.40. The zero-order valence-electron chi connectivity index (χ0n) is 20.0. The lowest BCUT2D eigenvalue weighted by Gasteiger charge is -2.42. The maximum absolute atomic E-state index is 12.9. The highest BCUT2D eigenvalue weighted by atomic mass is 35.5. The molecule has 2 aliphatic heterocycles. The molecule has 192 valence electrons. The number of carbonyl (C=O) groups is 1. The number of aryl methyl sites for hydroxylation is 1. The lowest BCUT2D eigenvalue weighted by atomic mass is 9.70. The molecular weight excluding hydrogens is 500 g/mol. The number of aliphatic hydroxyl groups is 1. The SMILES string of the molecule is O=C1NS(=O)(=O)C/C=C/[C@H](O)[C@@H]2CC[C@H]2CN2CCCCc3cc(Cl)ccc3COc3ccc1cc32. The summed E-state index contributed by atoms with van der Waals surface area (Å²) in [4.78, 5) is 15.1. The predicted molar refractivity (Wildman–Crippen MR) is 140 cm³/mol. The Morgan fingerprint density at radius 2 is 1.94 bits per heavy atom. The van der Waals surface area contributed by atoms with E-state index in [4.69, 9.17) is 16.3 Å². The molecule has 1 amide bonds. The van der Waals surface area contributed by atoms with E-state index in [1.807, 2.05) is 18.2 Å². The molecule has 2 N–H and O–H groups in total. The monoisotopic (exact) mass is 530 g/mol. The van der Waals surface area contributed by atoms with Crippen molar-refractivity contribution in [2.75, 3.05) is 23.7 Å². The Kier molecular flexibility index (Phi) is 7.28. The second-order valence-corrected chi connectivity index (χ2v) is 12.1. The number of benzene rings is 2. The molecular formula is C27H31ClN2O5S. The first kappa shape index (κ1) is 25.1. The van der Waals surface area contributed by atoms with Gasteiger partial charge in [-0.15, -0.1) is 0 Å². The van der Waals surface area contributed by atoms with Gasteiger partial charge in [-0.25, -0.2) is 13.1 Å². The molecule has 1 saturated carbocycles. The van der Waals surface area contributed by atoms with Gasteiger partial charge in [0, 0.05) is 23.7 Å². The van der Waals surface area contributed by atoms with E-state index in [9.17, 15) is 18.3 Å². The number of sulfonamides is 1. The second-order valence-electron chi connectivity index (χ2n) is 9.92. The largest absolute Gasteiger partial charge is 0.487 e. The molecule has 1 fully saturated rings. The summed E-state index contributed by atoms with van der Waals surface area (Å²) in [6.07, 6.45) is 6.94. The van der Waals surface area contributed by atoms with E-state index in [0.717, 1.165) is 56.4 Å². The number of amides is 1. The van der Waals surface area contributed by atoms with Gasteiger partial charge in [0.05, 0.1) is 17.5 Å². The van der Waals surface area contributed by atoms with Crippen molar-refractivity contribution in [2.24, 2.45) is 11.8 Å². The minimum atomic E-state index is -3.88. The van der Waals surface area contributed by atoms with E-state index < -0.39 is 22.0 Å². The Morgan fingerprint density at radius 1 is 1.08 bits per heavy atom. The molecule has 2 aromatic carbocycles. The lowest BCUT2D eigenvalue weighted by Crippen LogP contribution is -2.43. The molecule has 7 nitrogen and oxygen atoms in total. The van der Waals surface area contributed by atoms with E-state index >= 15 is 0 Å². The van der Waals surface area contributed by atoms with Crippen molar-refractivity contribution in [3.05, 3.63) is 70.3 Å². The molecule has 0 saturated heterocycles. The van der Waals surface area contributed by atoms with Gasteiger partial charge in [0.1, 0.15) is 12.4 Å². The third-order valence-electron chi connectivity index (χ3n) is 7.50. The number of nitrogens with zero attached hydrogens (tertiary/aromatic N) is 1. The first-order valence-electron chi connectivity index (χ1n) is 12.5. The van der Waals surface area contributed by atoms with Crippen LogP contribution < -0.4 is 14.4 Å². The van der Waals surface area contributed by atoms with Crippen LogP contribution in [0.4, 0.5) is 5.69 Å². The van der Waals surface area contributed by atoms with E-state index in [-0.39, 0.29) is 23.2 Å². The van der Waals surface area contributed by atoms with E-state index in [2.05, 4.69) is 9.62 Å². The number of fused-ring (bicyclic) bond motifs is 3. The molecule has 0 radical (unpaired) electrons. The van der Waals surface area contributed by atoms with Gasteiger partial charge in [-0.05, 0) is 85.4 Å². The summed E-state index contributed by atoms with van der Waals surface area (Å²) in [5, 5.41) is 11.4.